The summed E-state index contributed by atoms with van der Waals surface area (Å²) in [6, 6.07) is 0. The van der Waals surface area contributed by atoms with E-state index in [2.05, 4.69) is 52.4 Å². The molecule has 0 unspecified atom stereocenters. The molecule has 0 spiro atoms. The Morgan fingerprint density at radius 2 is 2.15 bits per heavy atom. The SMILES string of the molecule is CC(C)Cn1ncc(NC2(C)CCNCC2)c(Br)c1=O. The lowest BCUT2D eigenvalue weighted by atomic mass is 9.90. The lowest BCUT2D eigenvalue weighted by molar-refractivity contribution is 0.364. The van der Waals surface area contributed by atoms with Gasteiger partial charge >= 0.3 is 0 Å². The molecule has 1 aliphatic rings. The van der Waals surface area contributed by atoms with Crippen molar-refractivity contribution in [3.63, 3.8) is 0 Å². The van der Waals surface area contributed by atoms with Crippen molar-refractivity contribution in [2.75, 3.05) is 18.4 Å². The molecule has 0 atom stereocenters. The Morgan fingerprint density at radius 3 is 2.75 bits per heavy atom. The first-order valence-corrected chi connectivity index (χ1v) is 7.95. The Bertz CT molecular complexity index is 520. The van der Waals surface area contributed by atoms with Gasteiger partial charge in [-0.05, 0) is 54.7 Å². The van der Waals surface area contributed by atoms with Crippen molar-refractivity contribution in [2.45, 2.75) is 45.7 Å². The van der Waals surface area contributed by atoms with Gasteiger partial charge in [0.1, 0.15) is 4.47 Å². The highest BCUT2D eigenvalue weighted by Gasteiger charge is 2.27. The number of hydrogen-bond donors (Lipinski definition) is 2. The Kier molecular flexibility index (Phi) is 4.86. The first-order valence-electron chi connectivity index (χ1n) is 7.16. The molecule has 1 aromatic rings. The van der Waals surface area contributed by atoms with Crippen molar-refractivity contribution in [3.05, 3.63) is 21.0 Å². The molecule has 0 aliphatic carbocycles. The molecule has 2 N–H and O–H groups in total. The van der Waals surface area contributed by atoms with Crippen molar-refractivity contribution in [3.8, 4) is 0 Å². The second-order valence-corrected chi connectivity index (χ2v) is 6.98. The molecule has 1 aliphatic heterocycles. The van der Waals surface area contributed by atoms with Gasteiger partial charge in [0, 0.05) is 12.1 Å². The van der Waals surface area contributed by atoms with E-state index < -0.39 is 0 Å². The van der Waals surface area contributed by atoms with Crippen molar-refractivity contribution < 1.29 is 0 Å². The maximum Gasteiger partial charge on any atom is 0.283 e. The van der Waals surface area contributed by atoms with E-state index in [9.17, 15) is 4.79 Å². The topological polar surface area (TPSA) is 59.0 Å². The van der Waals surface area contributed by atoms with E-state index in [1.807, 2.05) is 0 Å². The molecule has 0 saturated carbocycles. The minimum Gasteiger partial charge on any atom is -0.377 e. The van der Waals surface area contributed by atoms with Gasteiger partial charge in [-0.15, -0.1) is 0 Å². The van der Waals surface area contributed by atoms with E-state index in [1.54, 1.807) is 6.20 Å². The zero-order chi connectivity index (χ0) is 14.8. The molecule has 1 aromatic heterocycles. The first-order chi connectivity index (χ1) is 9.41. The molecule has 0 bridgehead atoms. The lowest BCUT2D eigenvalue weighted by Crippen LogP contribution is -2.45. The first kappa shape index (κ1) is 15.5. The van der Waals surface area contributed by atoms with Crippen molar-refractivity contribution in [2.24, 2.45) is 5.92 Å². The standard InChI is InChI=1S/C14H23BrN4O/c1-10(2)9-19-13(20)12(15)11(8-17-19)18-14(3)4-6-16-7-5-14/h8,10,16,18H,4-7,9H2,1-3H3. The Labute approximate surface area is 128 Å². The molecule has 6 heteroatoms. The van der Waals surface area contributed by atoms with E-state index in [0.717, 1.165) is 31.6 Å². The van der Waals surface area contributed by atoms with E-state index in [1.165, 1.54) is 4.68 Å². The van der Waals surface area contributed by atoms with Gasteiger partial charge in [-0.1, -0.05) is 13.8 Å². The molecule has 0 radical (unpaired) electrons. The number of nitrogens with zero attached hydrogens (tertiary/aromatic N) is 2. The molecule has 0 amide bonds. The van der Waals surface area contributed by atoms with Crippen LogP contribution < -0.4 is 16.2 Å². The van der Waals surface area contributed by atoms with Gasteiger partial charge < -0.3 is 10.6 Å². The molecule has 2 rings (SSSR count). The molecule has 1 fully saturated rings. The Hall–Kier alpha value is -0.880. The summed E-state index contributed by atoms with van der Waals surface area (Å²) in [4.78, 5) is 12.3. The summed E-state index contributed by atoms with van der Waals surface area (Å²) in [6.07, 6.45) is 3.82. The average molecular weight is 343 g/mol. The van der Waals surface area contributed by atoms with Crippen LogP contribution in [0, 0.1) is 5.92 Å². The lowest BCUT2D eigenvalue weighted by Gasteiger charge is -2.36. The number of rotatable bonds is 4. The van der Waals surface area contributed by atoms with Gasteiger partial charge in [-0.2, -0.15) is 5.10 Å². The van der Waals surface area contributed by atoms with Gasteiger partial charge in [-0.3, -0.25) is 4.79 Å². The highest BCUT2D eigenvalue weighted by atomic mass is 79.9. The summed E-state index contributed by atoms with van der Waals surface area (Å²) in [7, 11) is 0. The molecule has 5 nitrogen and oxygen atoms in total. The zero-order valence-corrected chi connectivity index (χ0v) is 14.0. The van der Waals surface area contributed by atoms with Crippen LogP contribution in [0.3, 0.4) is 0 Å². The summed E-state index contributed by atoms with van der Waals surface area (Å²) in [5, 5.41) is 11.1. The predicted molar refractivity (Wildman–Crippen MR) is 85.2 cm³/mol. The molecule has 2 heterocycles. The van der Waals surface area contributed by atoms with Gasteiger partial charge in [0.15, 0.2) is 0 Å². The minimum atomic E-state index is -0.0683. The quantitative estimate of drug-likeness (QED) is 0.880. The van der Waals surface area contributed by atoms with Crippen molar-refractivity contribution >= 4 is 21.6 Å². The summed E-state index contributed by atoms with van der Waals surface area (Å²) in [5.41, 5.74) is 0.743. The highest BCUT2D eigenvalue weighted by Crippen LogP contribution is 2.26. The highest BCUT2D eigenvalue weighted by molar-refractivity contribution is 9.10. The van der Waals surface area contributed by atoms with Crippen LogP contribution >= 0.6 is 15.9 Å². The van der Waals surface area contributed by atoms with Gasteiger partial charge in [-0.25, -0.2) is 4.68 Å². The second-order valence-electron chi connectivity index (χ2n) is 6.19. The van der Waals surface area contributed by atoms with Crippen LogP contribution in [0.15, 0.2) is 15.5 Å². The fourth-order valence-corrected chi connectivity index (χ4v) is 2.86. The summed E-state index contributed by atoms with van der Waals surface area (Å²) in [5.74, 6) is 0.396. The number of anilines is 1. The van der Waals surface area contributed by atoms with Crippen LogP contribution in [-0.4, -0.2) is 28.4 Å². The fraction of sp³-hybridized carbons (Fsp3) is 0.714. The van der Waals surface area contributed by atoms with Gasteiger partial charge in [0.2, 0.25) is 0 Å². The van der Waals surface area contributed by atoms with Crippen LogP contribution in [0.5, 0.6) is 0 Å². The Balaban J connectivity index is 2.21. The van der Waals surface area contributed by atoms with E-state index in [0.29, 0.717) is 16.9 Å². The number of piperidine rings is 1. The van der Waals surface area contributed by atoms with Crippen molar-refractivity contribution in [1.82, 2.24) is 15.1 Å². The normalized spacial score (nSPS) is 18.2. The maximum atomic E-state index is 12.3. The van der Waals surface area contributed by atoms with Gasteiger partial charge in [0.25, 0.3) is 5.56 Å². The van der Waals surface area contributed by atoms with Crippen LogP contribution in [0.2, 0.25) is 0 Å². The van der Waals surface area contributed by atoms with Gasteiger partial charge in [0.05, 0.1) is 11.9 Å². The smallest absolute Gasteiger partial charge is 0.283 e. The van der Waals surface area contributed by atoms with Crippen LogP contribution in [0.1, 0.15) is 33.6 Å². The monoisotopic (exact) mass is 342 g/mol. The third-order valence-corrected chi connectivity index (χ3v) is 4.43. The van der Waals surface area contributed by atoms with Crippen LogP contribution in [0.25, 0.3) is 0 Å². The molecule has 112 valence electrons. The third-order valence-electron chi connectivity index (χ3n) is 3.67. The minimum absolute atomic E-state index is 0.0200. The summed E-state index contributed by atoms with van der Waals surface area (Å²) < 4.78 is 2.10. The predicted octanol–water partition coefficient (Wildman–Crippen LogP) is 2.22. The number of nitrogens with one attached hydrogen (secondary N) is 2. The summed E-state index contributed by atoms with van der Waals surface area (Å²) >= 11 is 3.42. The number of aromatic nitrogens is 2. The van der Waals surface area contributed by atoms with E-state index >= 15 is 0 Å². The number of hydrogen-bond acceptors (Lipinski definition) is 4. The van der Waals surface area contributed by atoms with Crippen LogP contribution in [-0.2, 0) is 6.54 Å². The van der Waals surface area contributed by atoms with E-state index in [-0.39, 0.29) is 11.1 Å². The second kappa shape index (κ2) is 6.26. The average Bonchev–Trinajstić information content (AvgIpc) is 2.39. The Morgan fingerprint density at radius 1 is 1.50 bits per heavy atom. The largest absolute Gasteiger partial charge is 0.377 e. The molecular formula is C14H23BrN4O. The molecule has 0 aromatic carbocycles. The maximum absolute atomic E-state index is 12.3. The van der Waals surface area contributed by atoms with Crippen LogP contribution in [0.4, 0.5) is 5.69 Å². The zero-order valence-electron chi connectivity index (χ0n) is 12.4. The molecule has 1 saturated heterocycles. The van der Waals surface area contributed by atoms with E-state index in [4.69, 9.17) is 0 Å². The molecular weight excluding hydrogens is 320 g/mol. The van der Waals surface area contributed by atoms with Crippen molar-refractivity contribution in [1.29, 1.82) is 0 Å². The third kappa shape index (κ3) is 3.61. The fourth-order valence-electron chi connectivity index (χ4n) is 2.46. The summed E-state index contributed by atoms with van der Waals surface area (Å²) in [6.45, 7) is 8.98. The number of halogens is 1. The molecule has 20 heavy (non-hydrogen) atoms.